The van der Waals surface area contributed by atoms with Gasteiger partial charge in [-0.2, -0.15) is 46.6 Å². The number of benzene rings is 1. The van der Waals surface area contributed by atoms with Crippen molar-refractivity contribution in [3.05, 3.63) is 63.0 Å². The van der Waals surface area contributed by atoms with Crippen LogP contribution in [0.2, 0.25) is 0 Å². The first-order valence-electron chi connectivity index (χ1n) is 11.6. The van der Waals surface area contributed by atoms with Gasteiger partial charge in [-0.25, -0.2) is 9.67 Å². The number of hydrazone groups is 1. The number of anilines is 2. The molecular formula is C23H16F7IN10O2. The van der Waals surface area contributed by atoms with Gasteiger partial charge in [0.15, 0.2) is 11.6 Å². The van der Waals surface area contributed by atoms with Crippen LogP contribution >= 0.6 is 22.6 Å². The number of alkyl halides is 7. The van der Waals surface area contributed by atoms with Gasteiger partial charge < -0.3 is 10.6 Å². The second kappa shape index (κ2) is 11.5. The standard InChI is InChI=1S/C23H16F7IN10O2/c1-11-3-2-7-33-17(11)40-15(19(43)35-14-5-4-12(31)9-13(14)18(42)34-8-6-32)10-16(37-40)41-38-20(36-39-41)21(24,25)22(26,27)23(28,29)30/h2-5,7,9-10,39H,8H2,1H3,(H,34,42)(H,35,43)(H,36,38). The van der Waals surface area contributed by atoms with Gasteiger partial charge in [0.25, 0.3) is 11.8 Å². The van der Waals surface area contributed by atoms with E-state index in [1.807, 2.05) is 28.1 Å². The first-order valence-corrected chi connectivity index (χ1v) is 12.7. The number of aryl methyl sites for hydroxylation is 1. The van der Waals surface area contributed by atoms with Crippen LogP contribution in [0.1, 0.15) is 26.4 Å². The monoisotopic (exact) mass is 724 g/mol. The molecule has 0 bridgehead atoms. The number of nitriles is 1. The van der Waals surface area contributed by atoms with Gasteiger partial charge in [0.05, 0.1) is 17.3 Å². The molecule has 1 aliphatic heterocycles. The fourth-order valence-electron chi connectivity index (χ4n) is 3.55. The number of aromatic nitrogens is 3. The third kappa shape index (κ3) is 5.97. The van der Waals surface area contributed by atoms with Crippen LogP contribution in [-0.2, 0) is 0 Å². The maximum atomic E-state index is 14.2. The number of carbonyl (C=O) groups excluding carboxylic acids is 2. The van der Waals surface area contributed by atoms with Crippen molar-refractivity contribution in [2.24, 2.45) is 5.10 Å². The van der Waals surface area contributed by atoms with E-state index in [0.717, 1.165) is 10.7 Å². The molecule has 0 aliphatic carbocycles. The zero-order valence-electron chi connectivity index (χ0n) is 21.3. The molecule has 0 radical (unpaired) electrons. The van der Waals surface area contributed by atoms with Gasteiger partial charge in [0, 0.05) is 15.8 Å². The first kappa shape index (κ1) is 31.3. The lowest BCUT2D eigenvalue weighted by atomic mass is 10.1. The van der Waals surface area contributed by atoms with Crippen molar-refractivity contribution in [1.29, 1.82) is 5.26 Å². The summed E-state index contributed by atoms with van der Waals surface area (Å²) in [6.45, 7) is 1.27. The molecule has 0 saturated carbocycles. The van der Waals surface area contributed by atoms with Crippen LogP contribution < -0.4 is 26.7 Å². The smallest absolute Gasteiger partial charge is 0.339 e. The van der Waals surface area contributed by atoms with Gasteiger partial charge >= 0.3 is 18.0 Å². The van der Waals surface area contributed by atoms with E-state index in [9.17, 15) is 40.3 Å². The number of hydrogen-bond acceptors (Lipinski definition) is 9. The third-order valence-corrected chi connectivity index (χ3v) is 6.34. The number of hydrogen-bond donors (Lipinski definition) is 4. The number of amidine groups is 1. The number of hydrazine groups is 2. The van der Waals surface area contributed by atoms with E-state index in [0.29, 0.717) is 14.3 Å². The zero-order valence-corrected chi connectivity index (χ0v) is 23.4. The Morgan fingerprint density at radius 2 is 1.81 bits per heavy atom. The van der Waals surface area contributed by atoms with Crippen molar-refractivity contribution >= 4 is 51.7 Å². The van der Waals surface area contributed by atoms with E-state index in [2.05, 4.69) is 25.8 Å². The molecule has 4 N–H and O–H groups in total. The summed E-state index contributed by atoms with van der Waals surface area (Å²) >= 11 is 1.92. The van der Waals surface area contributed by atoms with Crippen LogP contribution in [-0.4, -0.2) is 57.0 Å². The van der Waals surface area contributed by atoms with Crippen molar-refractivity contribution in [2.45, 2.75) is 24.9 Å². The predicted octanol–water partition coefficient (Wildman–Crippen LogP) is 3.66. The van der Waals surface area contributed by atoms with E-state index in [4.69, 9.17) is 5.26 Å². The van der Waals surface area contributed by atoms with Crippen LogP contribution in [0.5, 0.6) is 0 Å². The highest BCUT2D eigenvalue weighted by atomic mass is 127. The molecule has 2 aromatic heterocycles. The summed E-state index contributed by atoms with van der Waals surface area (Å²) in [6.07, 6.45) is -5.26. The van der Waals surface area contributed by atoms with Gasteiger partial charge in [-0.05, 0) is 59.3 Å². The van der Waals surface area contributed by atoms with E-state index >= 15 is 0 Å². The molecule has 20 heteroatoms. The van der Waals surface area contributed by atoms with Crippen LogP contribution in [0.15, 0.2) is 47.7 Å². The number of pyridine rings is 1. The van der Waals surface area contributed by atoms with Crippen molar-refractivity contribution < 1.29 is 40.3 Å². The van der Waals surface area contributed by atoms with Crippen molar-refractivity contribution in [3.8, 4) is 11.9 Å². The molecule has 0 saturated heterocycles. The number of nitrogens with one attached hydrogen (secondary N) is 4. The van der Waals surface area contributed by atoms with Crippen molar-refractivity contribution in [3.63, 3.8) is 0 Å². The van der Waals surface area contributed by atoms with E-state index in [-0.39, 0.29) is 29.3 Å². The zero-order chi connectivity index (χ0) is 31.7. The Kier molecular flexibility index (Phi) is 8.39. The Labute approximate surface area is 250 Å². The second-order valence-electron chi connectivity index (χ2n) is 8.58. The third-order valence-electron chi connectivity index (χ3n) is 5.67. The fourth-order valence-corrected chi connectivity index (χ4v) is 4.04. The van der Waals surface area contributed by atoms with Gasteiger partial charge in [0.2, 0.25) is 5.84 Å². The summed E-state index contributed by atoms with van der Waals surface area (Å²) in [4.78, 5) is 30.2. The number of rotatable bonds is 8. The molecule has 2 amide bonds. The number of halogens is 8. The lowest BCUT2D eigenvalue weighted by Gasteiger charge is -2.27. The minimum Gasteiger partial charge on any atom is -0.339 e. The molecule has 4 rings (SSSR count). The molecule has 12 nitrogen and oxygen atoms in total. The summed E-state index contributed by atoms with van der Waals surface area (Å²) in [5.41, 5.74) is 3.55. The minimum absolute atomic E-state index is 0.00460. The van der Waals surface area contributed by atoms with Crippen LogP contribution in [0, 0.1) is 21.8 Å². The Balaban J connectivity index is 1.69. The summed E-state index contributed by atoms with van der Waals surface area (Å²) in [6, 6.07) is 10.3. The lowest BCUT2D eigenvalue weighted by Crippen LogP contribution is -2.60. The maximum Gasteiger partial charge on any atom is 0.460 e. The summed E-state index contributed by atoms with van der Waals surface area (Å²) in [7, 11) is 0. The van der Waals surface area contributed by atoms with Crippen LogP contribution in [0.25, 0.3) is 5.82 Å². The molecule has 43 heavy (non-hydrogen) atoms. The summed E-state index contributed by atoms with van der Waals surface area (Å²) in [5.74, 6) is -16.4. The average molecular weight is 724 g/mol. The van der Waals surface area contributed by atoms with Crippen LogP contribution in [0.3, 0.4) is 0 Å². The Hall–Kier alpha value is -4.68. The number of nitrogens with zero attached hydrogens (tertiary/aromatic N) is 6. The Bertz CT molecular complexity index is 1650. The normalized spacial score (nSPS) is 13.5. The van der Waals surface area contributed by atoms with E-state index in [1.165, 1.54) is 18.3 Å². The largest absolute Gasteiger partial charge is 0.460 e. The Morgan fingerprint density at radius 3 is 2.47 bits per heavy atom. The highest BCUT2D eigenvalue weighted by Crippen LogP contribution is 2.47. The molecule has 0 atom stereocenters. The van der Waals surface area contributed by atoms with Gasteiger partial charge in [0.1, 0.15) is 12.2 Å². The summed E-state index contributed by atoms with van der Waals surface area (Å²) < 4.78 is 95.0. The summed E-state index contributed by atoms with van der Waals surface area (Å²) in [5, 5.41) is 20.9. The van der Waals surface area contributed by atoms with Crippen LogP contribution in [0.4, 0.5) is 42.2 Å². The van der Waals surface area contributed by atoms with Crippen molar-refractivity contribution in [2.75, 3.05) is 17.0 Å². The topological polar surface area (TPSA) is 152 Å². The SMILES string of the molecule is Cc1cccnc1-n1nc(N2NN=C(C(F)(F)C(F)(F)C(F)(F)F)N2)cc1C(=O)Nc1ccc(I)cc1C(=O)NCC#N. The first-order chi connectivity index (χ1) is 20.1. The van der Waals surface area contributed by atoms with Gasteiger partial charge in [-0.3, -0.25) is 15.0 Å². The highest BCUT2D eigenvalue weighted by molar-refractivity contribution is 14.1. The predicted molar refractivity (Wildman–Crippen MR) is 143 cm³/mol. The highest BCUT2D eigenvalue weighted by Gasteiger charge is 2.76. The molecule has 0 fully saturated rings. The fraction of sp³-hybridized carbons (Fsp3) is 0.217. The minimum atomic E-state index is -6.60. The molecule has 226 valence electrons. The quantitative estimate of drug-likeness (QED) is 0.156. The Morgan fingerprint density at radius 1 is 1.09 bits per heavy atom. The molecule has 1 aliphatic rings. The van der Waals surface area contributed by atoms with E-state index in [1.54, 1.807) is 36.6 Å². The number of carbonyl (C=O) groups is 2. The second-order valence-corrected chi connectivity index (χ2v) is 9.83. The molecule has 0 spiro atoms. The van der Waals surface area contributed by atoms with Gasteiger partial charge in [-0.1, -0.05) is 6.07 Å². The van der Waals surface area contributed by atoms with Crippen molar-refractivity contribution in [1.82, 2.24) is 31.0 Å². The molecule has 3 aromatic rings. The molecule has 1 aromatic carbocycles. The van der Waals surface area contributed by atoms with Gasteiger partial charge in [-0.15, -0.1) is 10.2 Å². The maximum absolute atomic E-state index is 14.2. The molecule has 3 heterocycles. The lowest BCUT2D eigenvalue weighted by molar-refractivity contribution is -0.336. The molecular weight excluding hydrogens is 708 g/mol. The number of amides is 2. The average Bonchev–Trinajstić information content (AvgIpc) is 3.61. The van der Waals surface area contributed by atoms with E-state index < -0.39 is 41.5 Å². The molecule has 0 unspecified atom stereocenters.